The number of benzene rings is 2. The number of pyridine rings is 1. The highest BCUT2D eigenvalue weighted by atomic mass is 14.9. The van der Waals surface area contributed by atoms with Crippen molar-refractivity contribution in [3.8, 4) is 6.07 Å². The SMILES string of the molecule is N#Cc1ccc(CNc2ccc(N)c3ncccc23)cc1. The van der Waals surface area contributed by atoms with E-state index in [1.54, 1.807) is 6.20 Å². The fraction of sp³-hybridized carbons (Fsp3) is 0.0588. The van der Waals surface area contributed by atoms with E-state index in [4.69, 9.17) is 11.0 Å². The Morgan fingerprint density at radius 1 is 1.10 bits per heavy atom. The fourth-order valence-corrected chi connectivity index (χ4v) is 2.24. The molecule has 1 heterocycles. The molecule has 3 aromatic rings. The van der Waals surface area contributed by atoms with Crippen LogP contribution in [0.4, 0.5) is 11.4 Å². The zero-order valence-electron chi connectivity index (χ0n) is 11.4. The van der Waals surface area contributed by atoms with Gasteiger partial charge in [-0.3, -0.25) is 4.98 Å². The van der Waals surface area contributed by atoms with E-state index in [-0.39, 0.29) is 0 Å². The molecule has 4 heteroatoms. The van der Waals surface area contributed by atoms with Crippen molar-refractivity contribution < 1.29 is 0 Å². The summed E-state index contributed by atoms with van der Waals surface area (Å²) in [4.78, 5) is 4.32. The maximum absolute atomic E-state index is 8.80. The number of nitrogens with zero attached hydrogens (tertiary/aromatic N) is 2. The number of hydrogen-bond acceptors (Lipinski definition) is 4. The molecule has 2 aromatic carbocycles. The maximum atomic E-state index is 8.80. The van der Waals surface area contributed by atoms with Gasteiger partial charge in [-0.15, -0.1) is 0 Å². The van der Waals surface area contributed by atoms with Crippen molar-refractivity contribution >= 4 is 22.3 Å². The number of nitriles is 1. The molecule has 0 spiro atoms. The molecular weight excluding hydrogens is 260 g/mol. The Hall–Kier alpha value is -3.06. The summed E-state index contributed by atoms with van der Waals surface area (Å²) < 4.78 is 0. The summed E-state index contributed by atoms with van der Waals surface area (Å²) in [5, 5.41) is 13.2. The van der Waals surface area contributed by atoms with Crippen LogP contribution in [0.5, 0.6) is 0 Å². The first-order valence-electron chi connectivity index (χ1n) is 6.64. The van der Waals surface area contributed by atoms with E-state index in [1.165, 1.54) is 0 Å². The molecule has 4 nitrogen and oxygen atoms in total. The molecule has 0 amide bonds. The molecule has 21 heavy (non-hydrogen) atoms. The van der Waals surface area contributed by atoms with Gasteiger partial charge in [-0.2, -0.15) is 5.26 Å². The number of anilines is 2. The van der Waals surface area contributed by atoms with E-state index in [0.29, 0.717) is 17.8 Å². The minimum absolute atomic E-state index is 0.667. The molecule has 0 aliphatic carbocycles. The second-order valence-electron chi connectivity index (χ2n) is 4.76. The third kappa shape index (κ3) is 2.63. The fourth-order valence-electron chi connectivity index (χ4n) is 2.24. The average Bonchev–Trinajstić information content (AvgIpc) is 2.55. The van der Waals surface area contributed by atoms with E-state index in [0.717, 1.165) is 22.2 Å². The van der Waals surface area contributed by atoms with E-state index in [2.05, 4.69) is 16.4 Å². The van der Waals surface area contributed by atoms with Crippen LogP contribution in [-0.2, 0) is 6.54 Å². The average molecular weight is 274 g/mol. The molecule has 0 atom stereocenters. The second kappa shape index (κ2) is 5.51. The minimum Gasteiger partial charge on any atom is -0.397 e. The monoisotopic (exact) mass is 274 g/mol. The molecule has 3 rings (SSSR count). The van der Waals surface area contributed by atoms with Gasteiger partial charge in [0.05, 0.1) is 22.8 Å². The molecule has 3 N–H and O–H groups in total. The molecule has 0 aliphatic heterocycles. The normalized spacial score (nSPS) is 10.2. The van der Waals surface area contributed by atoms with Crippen molar-refractivity contribution in [2.45, 2.75) is 6.54 Å². The van der Waals surface area contributed by atoms with Gasteiger partial charge in [0.15, 0.2) is 0 Å². The lowest BCUT2D eigenvalue weighted by atomic mass is 10.1. The standard InChI is InChI=1S/C17H14N4/c18-10-12-3-5-13(6-4-12)11-21-16-8-7-15(19)17-14(16)2-1-9-20-17/h1-9,21H,11,19H2. The van der Waals surface area contributed by atoms with Crippen molar-refractivity contribution in [1.29, 1.82) is 5.26 Å². The van der Waals surface area contributed by atoms with Crippen molar-refractivity contribution in [3.05, 3.63) is 65.9 Å². The van der Waals surface area contributed by atoms with Crippen molar-refractivity contribution in [3.63, 3.8) is 0 Å². The molecule has 0 radical (unpaired) electrons. The number of aromatic nitrogens is 1. The first kappa shape index (κ1) is 12.9. The van der Waals surface area contributed by atoms with Gasteiger partial charge in [0.2, 0.25) is 0 Å². The zero-order chi connectivity index (χ0) is 14.7. The summed E-state index contributed by atoms with van der Waals surface area (Å²) in [7, 11) is 0. The topological polar surface area (TPSA) is 74.7 Å². The Labute approximate surface area is 122 Å². The smallest absolute Gasteiger partial charge is 0.0991 e. The predicted octanol–water partition coefficient (Wildman–Crippen LogP) is 3.30. The van der Waals surface area contributed by atoms with Crippen LogP contribution in [0.15, 0.2) is 54.7 Å². The lowest BCUT2D eigenvalue weighted by molar-refractivity contribution is 1.15. The van der Waals surface area contributed by atoms with Gasteiger partial charge in [-0.25, -0.2) is 0 Å². The lowest BCUT2D eigenvalue weighted by Crippen LogP contribution is -2.01. The van der Waals surface area contributed by atoms with Crippen LogP contribution < -0.4 is 11.1 Å². The summed E-state index contributed by atoms with van der Waals surface area (Å²) in [6.45, 7) is 0.680. The molecule has 0 fully saturated rings. The van der Waals surface area contributed by atoms with Gasteiger partial charge in [0.25, 0.3) is 0 Å². The Kier molecular flexibility index (Phi) is 3.40. The Balaban J connectivity index is 1.85. The number of rotatable bonds is 3. The summed E-state index contributed by atoms with van der Waals surface area (Å²) in [5.41, 5.74) is 10.2. The number of nitrogens with two attached hydrogens (primary N) is 1. The molecule has 0 saturated heterocycles. The van der Waals surface area contributed by atoms with Gasteiger partial charge < -0.3 is 11.1 Å². The summed E-state index contributed by atoms with van der Waals surface area (Å²) >= 11 is 0. The van der Waals surface area contributed by atoms with Gasteiger partial charge >= 0.3 is 0 Å². The summed E-state index contributed by atoms with van der Waals surface area (Å²) in [5.74, 6) is 0. The third-order valence-corrected chi connectivity index (χ3v) is 3.37. The van der Waals surface area contributed by atoms with Crippen LogP contribution in [0.2, 0.25) is 0 Å². The number of nitrogen functional groups attached to an aromatic ring is 1. The molecule has 1 aromatic heterocycles. The first-order valence-corrected chi connectivity index (χ1v) is 6.64. The Bertz CT molecular complexity index is 816. The van der Waals surface area contributed by atoms with E-state index in [9.17, 15) is 0 Å². The molecule has 0 bridgehead atoms. The Morgan fingerprint density at radius 2 is 1.90 bits per heavy atom. The lowest BCUT2D eigenvalue weighted by Gasteiger charge is -2.11. The number of hydrogen-bond donors (Lipinski definition) is 2. The molecular formula is C17H14N4. The minimum atomic E-state index is 0.667. The predicted molar refractivity (Wildman–Crippen MR) is 84.6 cm³/mol. The highest BCUT2D eigenvalue weighted by Gasteiger charge is 2.04. The maximum Gasteiger partial charge on any atom is 0.0991 e. The second-order valence-corrected chi connectivity index (χ2v) is 4.76. The van der Waals surface area contributed by atoms with E-state index >= 15 is 0 Å². The van der Waals surface area contributed by atoms with Crippen LogP contribution >= 0.6 is 0 Å². The summed E-state index contributed by atoms with van der Waals surface area (Å²) in [6.07, 6.45) is 1.74. The van der Waals surface area contributed by atoms with Crippen LogP contribution in [0.3, 0.4) is 0 Å². The number of nitrogens with one attached hydrogen (secondary N) is 1. The molecule has 102 valence electrons. The van der Waals surface area contributed by atoms with Crippen LogP contribution in [0, 0.1) is 11.3 Å². The largest absolute Gasteiger partial charge is 0.397 e. The third-order valence-electron chi connectivity index (χ3n) is 3.37. The first-order chi connectivity index (χ1) is 10.3. The quantitative estimate of drug-likeness (QED) is 0.718. The van der Waals surface area contributed by atoms with Gasteiger partial charge in [-0.05, 0) is 42.0 Å². The van der Waals surface area contributed by atoms with Crippen molar-refractivity contribution in [1.82, 2.24) is 4.98 Å². The van der Waals surface area contributed by atoms with E-state index in [1.807, 2.05) is 48.5 Å². The highest BCUT2D eigenvalue weighted by molar-refractivity contribution is 5.98. The molecule has 0 aliphatic rings. The molecule has 0 unspecified atom stereocenters. The van der Waals surface area contributed by atoms with Gasteiger partial charge in [-0.1, -0.05) is 12.1 Å². The van der Waals surface area contributed by atoms with Crippen LogP contribution in [0.25, 0.3) is 10.9 Å². The van der Waals surface area contributed by atoms with Crippen molar-refractivity contribution in [2.75, 3.05) is 11.1 Å². The van der Waals surface area contributed by atoms with Gasteiger partial charge in [0, 0.05) is 23.8 Å². The van der Waals surface area contributed by atoms with Gasteiger partial charge in [0.1, 0.15) is 0 Å². The number of fused-ring (bicyclic) bond motifs is 1. The van der Waals surface area contributed by atoms with E-state index < -0.39 is 0 Å². The Morgan fingerprint density at radius 3 is 2.67 bits per heavy atom. The molecule has 0 saturated carbocycles. The highest BCUT2D eigenvalue weighted by Crippen LogP contribution is 2.26. The van der Waals surface area contributed by atoms with Crippen LogP contribution in [-0.4, -0.2) is 4.98 Å². The summed E-state index contributed by atoms with van der Waals surface area (Å²) in [6, 6.07) is 17.4. The van der Waals surface area contributed by atoms with Crippen molar-refractivity contribution in [2.24, 2.45) is 0 Å². The zero-order valence-corrected chi connectivity index (χ0v) is 11.4. The van der Waals surface area contributed by atoms with Crippen LogP contribution in [0.1, 0.15) is 11.1 Å².